The van der Waals surface area contributed by atoms with Crippen molar-refractivity contribution in [2.24, 2.45) is 0 Å². The fraction of sp³-hybridized carbons (Fsp3) is 0.0833. The third-order valence-corrected chi connectivity index (χ3v) is 3.11. The van der Waals surface area contributed by atoms with Gasteiger partial charge in [0.05, 0.1) is 10.8 Å². The number of hydrogen-bond donors (Lipinski definition) is 0. The Morgan fingerprint density at radius 2 is 1.87 bits per heavy atom. The first-order valence-electron chi connectivity index (χ1n) is 4.54. The summed E-state index contributed by atoms with van der Waals surface area (Å²) in [6.45, 7) is 2.00. The highest BCUT2D eigenvalue weighted by Gasteiger charge is 2.06. The highest BCUT2D eigenvalue weighted by molar-refractivity contribution is 7.12. The monoisotopic (exact) mass is 217 g/mol. The van der Waals surface area contributed by atoms with Crippen LogP contribution in [0.15, 0.2) is 35.7 Å². The number of carbonyl (C=O) groups excluding carboxylic acids is 1. The molecule has 0 aliphatic rings. The van der Waals surface area contributed by atoms with Gasteiger partial charge in [-0.05, 0) is 23.9 Å². The maximum Gasteiger partial charge on any atom is 0.0821 e. The Balaban J connectivity index is 2.49. The minimum Gasteiger partial charge on any atom is -0.544 e. The van der Waals surface area contributed by atoms with Crippen molar-refractivity contribution in [3.8, 4) is 11.1 Å². The molecule has 1 aromatic carbocycles. The molecule has 0 atom stereocenters. The molecular formula is C12H9O2S-. The van der Waals surface area contributed by atoms with Crippen LogP contribution in [0, 0.1) is 6.92 Å². The first kappa shape index (κ1) is 9.93. The lowest BCUT2D eigenvalue weighted by Gasteiger charge is -2.04. The number of carboxylic acid groups (broad SMARTS) is 1. The van der Waals surface area contributed by atoms with E-state index in [1.807, 2.05) is 31.2 Å². The van der Waals surface area contributed by atoms with Crippen LogP contribution in [0.5, 0.6) is 0 Å². The van der Waals surface area contributed by atoms with E-state index in [9.17, 15) is 9.90 Å². The van der Waals surface area contributed by atoms with Gasteiger partial charge >= 0.3 is 0 Å². The molecule has 0 spiro atoms. The van der Waals surface area contributed by atoms with E-state index in [0.29, 0.717) is 4.88 Å². The van der Waals surface area contributed by atoms with Crippen LogP contribution in [0.25, 0.3) is 11.1 Å². The second-order valence-corrected chi connectivity index (χ2v) is 4.23. The summed E-state index contributed by atoms with van der Waals surface area (Å²) in [5, 5.41) is 12.6. The third kappa shape index (κ3) is 1.92. The van der Waals surface area contributed by atoms with Crippen molar-refractivity contribution < 1.29 is 9.90 Å². The first-order chi connectivity index (χ1) is 7.18. The Labute approximate surface area is 91.8 Å². The zero-order chi connectivity index (χ0) is 10.8. The fourth-order valence-corrected chi connectivity index (χ4v) is 2.18. The van der Waals surface area contributed by atoms with E-state index in [0.717, 1.165) is 16.7 Å². The highest BCUT2D eigenvalue weighted by atomic mass is 32.1. The molecule has 2 nitrogen and oxygen atoms in total. The molecule has 15 heavy (non-hydrogen) atoms. The van der Waals surface area contributed by atoms with Crippen LogP contribution in [0.4, 0.5) is 0 Å². The molecule has 0 bridgehead atoms. The van der Waals surface area contributed by atoms with Gasteiger partial charge in [0.25, 0.3) is 0 Å². The summed E-state index contributed by atoms with van der Waals surface area (Å²) in [6, 6.07) is 9.58. The van der Waals surface area contributed by atoms with Crippen molar-refractivity contribution in [1.82, 2.24) is 0 Å². The molecule has 0 fully saturated rings. The van der Waals surface area contributed by atoms with Crippen molar-refractivity contribution in [2.75, 3.05) is 0 Å². The molecule has 0 N–H and O–H groups in total. The van der Waals surface area contributed by atoms with E-state index in [2.05, 4.69) is 0 Å². The average molecular weight is 217 g/mol. The Hall–Kier alpha value is -1.61. The Kier molecular flexibility index (Phi) is 2.56. The minimum absolute atomic E-state index is 0.291. The molecule has 0 saturated heterocycles. The van der Waals surface area contributed by atoms with Crippen molar-refractivity contribution in [3.05, 3.63) is 46.2 Å². The molecule has 1 heterocycles. The predicted molar refractivity (Wildman–Crippen MR) is 58.8 cm³/mol. The van der Waals surface area contributed by atoms with E-state index in [1.54, 1.807) is 11.4 Å². The normalized spacial score (nSPS) is 10.2. The SMILES string of the molecule is Cc1ccc(-c2ccsc2C(=O)[O-])cc1. The van der Waals surface area contributed by atoms with E-state index in [1.165, 1.54) is 11.3 Å². The van der Waals surface area contributed by atoms with E-state index in [-0.39, 0.29) is 0 Å². The average Bonchev–Trinajstić information content (AvgIpc) is 2.67. The number of rotatable bonds is 2. The van der Waals surface area contributed by atoms with Gasteiger partial charge in [0.1, 0.15) is 0 Å². The zero-order valence-electron chi connectivity index (χ0n) is 8.19. The van der Waals surface area contributed by atoms with Gasteiger partial charge in [-0.25, -0.2) is 0 Å². The van der Waals surface area contributed by atoms with Crippen LogP contribution in [-0.2, 0) is 0 Å². The molecule has 2 rings (SSSR count). The molecule has 0 radical (unpaired) electrons. The van der Waals surface area contributed by atoms with Gasteiger partial charge < -0.3 is 9.90 Å². The van der Waals surface area contributed by atoms with E-state index >= 15 is 0 Å². The molecule has 1 aromatic heterocycles. The van der Waals surface area contributed by atoms with Crippen LogP contribution in [0.1, 0.15) is 15.2 Å². The molecule has 3 heteroatoms. The number of hydrogen-bond acceptors (Lipinski definition) is 3. The number of thiophene rings is 1. The second-order valence-electron chi connectivity index (χ2n) is 3.32. The molecule has 0 amide bonds. The Morgan fingerprint density at radius 1 is 1.20 bits per heavy atom. The summed E-state index contributed by atoms with van der Waals surface area (Å²) in [6.07, 6.45) is 0. The van der Waals surface area contributed by atoms with Crippen molar-refractivity contribution in [2.45, 2.75) is 6.92 Å². The number of carbonyl (C=O) groups is 1. The number of aryl methyl sites for hydroxylation is 1. The van der Waals surface area contributed by atoms with Crippen LogP contribution < -0.4 is 5.11 Å². The quantitative estimate of drug-likeness (QED) is 0.772. The summed E-state index contributed by atoms with van der Waals surface area (Å²) >= 11 is 1.19. The van der Waals surface area contributed by atoms with Crippen molar-refractivity contribution in [3.63, 3.8) is 0 Å². The molecule has 76 valence electrons. The van der Waals surface area contributed by atoms with Gasteiger partial charge in [0, 0.05) is 5.56 Å². The second kappa shape index (κ2) is 3.87. The predicted octanol–water partition coefficient (Wildman–Crippen LogP) is 2.09. The standard InChI is InChI=1S/C12H10O2S/c1-8-2-4-9(5-3-8)10-6-7-15-11(10)12(13)14/h2-7H,1H3,(H,13,14)/p-1. The Morgan fingerprint density at radius 3 is 2.47 bits per heavy atom. The summed E-state index contributed by atoms with van der Waals surface area (Å²) in [7, 11) is 0. The van der Waals surface area contributed by atoms with Gasteiger partial charge in [-0.2, -0.15) is 0 Å². The molecule has 0 aliphatic carbocycles. The number of aromatic carboxylic acids is 1. The van der Waals surface area contributed by atoms with Crippen LogP contribution in [-0.4, -0.2) is 5.97 Å². The first-order valence-corrected chi connectivity index (χ1v) is 5.42. The van der Waals surface area contributed by atoms with Gasteiger partial charge in [0.2, 0.25) is 0 Å². The van der Waals surface area contributed by atoms with Gasteiger partial charge in [0.15, 0.2) is 0 Å². The highest BCUT2D eigenvalue weighted by Crippen LogP contribution is 2.27. The molecule has 2 aromatic rings. The summed E-state index contributed by atoms with van der Waals surface area (Å²) in [5.41, 5.74) is 2.81. The van der Waals surface area contributed by atoms with E-state index in [4.69, 9.17) is 0 Å². The van der Waals surface area contributed by atoms with Crippen LogP contribution in [0.3, 0.4) is 0 Å². The third-order valence-electron chi connectivity index (χ3n) is 2.21. The maximum atomic E-state index is 10.8. The van der Waals surface area contributed by atoms with Crippen molar-refractivity contribution in [1.29, 1.82) is 0 Å². The van der Waals surface area contributed by atoms with E-state index < -0.39 is 5.97 Å². The number of benzene rings is 1. The largest absolute Gasteiger partial charge is 0.544 e. The fourth-order valence-electron chi connectivity index (χ4n) is 1.43. The lowest BCUT2D eigenvalue weighted by atomic mass is 10.1. The lowest BCUT2D eigenvalue weighted by Crippen LogP contribution is -2.21. The maximum absolute atomic E-state index is 10.8. The topological polar surface area (TPSA) is 40.1 Å². The molecule has 0 saturated carbocycles. The summed E-state index contributed by atoms with van der Waals surface area (Å²) in [5.74, 6) is -1.11. The number of carboxylic acids is 1. The summed E-state index contributed by atoms with van der Waals surface area (Å²) < 4.78 is 0. The van der Waals surface area contributed by atoms with Gasteiger partial charge in [-0.1, -0.05) is 29.8 Å². The van der Waals surface area contributed by atoms with Crippen LogP contribution in [0.2, 0.25) is 0 Å². The van der Waals surface area contributed by atoms with Gasteiger partial charge in [-0.3, -0.25) is 0 Å². The molecular weight excluding hydrogens is 208 g/mol. The molecule has 0 aliphatic heterocycles. The zero-order valence-corrected chi connectivity index (χ0v) is 9.01. The van der Waals surface area contributed by atoms with Gasteiger partial charge in [-0.15, -0.1) is 11.3 Å². The lowest BCUT2D eigenvalue weighted by molar-refractivity contribution is -0.254. The molecule has 0 unspecified atom stereocenters. The smallest absolute Gasteiger partial charge is 0.0821 e. The Bertz CT molecular complexity index is 483. The van der Waals surface area contributed by atoms with Crippen molar-refractivity contribution >= 4 is 17.3 Å². The van der Waals surface area contributed by atoms with Crippen LogP contribution >= 0.6 is 11.3 Å². The summed E-state index contributed by atoms with van der Waals surface area (Å²) in [4.78, 5) is 11.1. The minimum atomic E-state index is -1.11.